The van der Waals surface area contributed by atoms with Crippen molar-refractivity contribution >= 4 is 5.57 Å². The summed E-state index contributed by atoms with van der Waals surface area (Å²) in [5, 5.41) is 8.80. The quantitative estimate of drug-likeness (QED) is 0.733. The lowest BCUT2D eigenvalue weighted by Crippen LogP contribution is -1.84. The van der Waals surface area contributed by atoms with E-state index in [4.69, 9.17) is 10.00 Å². The van der Waals surface area contributed by atoms with E-state index in [-0.39, 0.29) is 5.92 Å². The molecular formula is C13H13NO. The van der Waals surface area contributed by atoms with Crippen LogP contribution >= 0.6 is 0 Å². The van der Waals surface area contributed by atoms with Crippen molar-refractivity contribution in [2.75, 3.05) is 7.11 Å². The lowest BCUT2D eigenvalue weighted by atomic mass is 10.1. The van der Waals surface area contributed by atoms with Crippen molar-refractivity contribution in [1.82, 2.24) is 0 Å². The van der Waals surface area contributed by atoms with Gasteiger partial charge in [-0.2, -0.15) is 5.26 Å². The largest absolute Gasteiger partial charge is 0.497 e. The van der Waals surface area contributed by atoms with Crippen molar-refractivity contribution in [2.45, 2.75) is 12.8 Å². The van der Waals surface area contributed by atoms with Crippen LogP contribution in [-0.2, 0) is 0 Å². The molecule has 2 heteroatoms. The van der Waals surface area contributed by atoms with Crippen LogP contribution in [0.25, 0.3) is 5.57 Å². The van der Waals surface area contributed by atoms with Gasteiger partial charge < -0.3 is 4.74 Å². The number of ether oxygens (including phenoxy) is 1. The van der Waals surface area contributed by atoms with Gasteiger partial charge in [0.2, 0.25) is 0 Å². The molecule has 0 heterocycles. The first-order valence-electron chi connectivity index (χ1n) is 5.08. The molecular weight excluding hydrogens is 186 g/mol. The predicted molar refractivity (Wildman–Crippen MR) is 59.3 cm³/mol. The Balaban J connectivity index is 2.21. The molecule has 0 N–H and O–H groups in total. The number of hydrogen-bond donors (Lipinski definition) is 0. The molecule has 1 aromatic rings. The maximum Gasteiger partial charge on any atom is 0.118 e. The summed E-state index contributed by atoms with van der Waals surface area (Å²) < 4.78 is 5.10. The molecule has 0 bridgehead atoms. The Morgan fingerprint density at radius 2 is 2.07 bits per heavy atom. The van der Waals surface area contributed by atoms with Gasteiger partial charge in [-0.05, 0) is 36.1 Å². The number of methoxy groups -OCH3 is 1. The fourth-order valence-electron chi connectivity index (χ4n) is 1.87. The zero-order valence-corrected chi connectivity index (χ0v) is 8.73. The van der Waals surface area contributed by atoms with Gasteiger partial charge in [-0.25, -0.2) is 0 Å². The van der Waals surface area contributed by atoms with Crippen LogP contribution in [0.2, 0.25) is 0 Å². The molecule has 0 saturated carbocycles. The van der Waals surface area contributed by atoms with E-state index in [1.165, 1.54) is 11.1 Å². The molecule has 1 aromatic carbocycles. The van der Waals surface area contributed by atoms with Crippen molar-refractivity contribution in [3.8, 4) is 11.8 Å². The molecule has 1 aliphatic rings. The number of nitrogens with zero attached hydrogens (tertiary/aromatic N) is 1. The summed E-state index contributed by atoms with van der Waals surface area (Å²) in [4.78, 5) is 0. The molecule has 0 spiro atoms. The summed E-state index contributed by atoms with van der Waals surface area (Å²) in [6.07, 6.45) is 4.03. The standard InChI is InChI=1S/C13H13NO/c1-15-13-6-4-11(5-7-13)12-3-2-10(8-12)9-14/h4-8,10H,2-3H2,1H3/t10-/m1/s1. The molecule has 2 nitrogen and oxygen atoms in total. The summed E-state index contributed by atoms with van der Waals surface area (Å²) in [6.45, 7) is 0. The third-order valence-electron chi connectivity index (χ3n) is 2.75. The van der Waals surface area contributed by atoms with E-state index in [1.807, 2.05) is 24.3 Å². The van der Waals surface area contributed by atoms with Crippen LogP contribution in [0, 0.1) is 17.2 Å². The molecule has 2 rings (SSSR count). The van der Waals surface area contributed by atoms with Crippen LogP contribution in [0.4, 0.5) is 0 Å². The van der Waals surface area contributed by atoms with Gasteiger partial charge in [0.05, 0.1) is 19.1 Å². The molecule has 0 amide bonds. The van der Waals surface area contributed by atoms with Gasteiger partial charge in [-0.15, -0.1) is 0 Å². The molecule has 76 valence electrons. The third kappa shape index (κ3) is 2.02. The molecule has 0 unspecified atom stereocenters. The summed E-state index contributed by atoms with van der Waals surface area (Å²) in [6, 6.07) is 10.3. The van der Waals surface area contributed by atoms with E-state index < -0.39 is 0 Å². The predicted octanol–water partition coefficient (Wildman–Crippen LogP) is 3.01. The summed E-state index contributed by atoms with van der Waals surface area (Å²) >= 11 is 0. The highest BCUT2D eigenvalue weighted by Gasteiger charge is 2.15. The molecule has 0 saturated heterocycles. The van der Waals surface area contributed by atoms with E-state index >= 15 is 0 Å². The minimum absolute atomic E-state index is 0.0992. The first-order valence-corrected chi connectivity index (χ1v) is 5.08. The van der Waals surface area contributed by atoms with E-state index in [9.17, 15) is 0 Å². The van der Waals surface area contributed by atoms with E-state index in [0.29, 0.717) is 0 Å². The highest BCUT2D eigenvalue weighted by Crippen LogP contribution is 2.31. The van der Waals surface area contributed by atoms with Crippen LogP contribution in [0.15, 0.2) is 30.3 Å². The van der Waals surface area contributed by atoms with Crippen LogP contribution in [0.1, 0.15) is 18.4 Å². The maximum absolute atomic E-state index is 8.80. The Kier molecular flexibility index (Phi) is 2.73. The lowest BCUT2D eigenvalue weighted by molar-refractivity contribution is 0.415. The molecule has 0 fully saturated rings. The van der Waals surface area contributed by atoms with Gasteiger partial charge >= 0.3 is 0 Å². The highest BCUT2D eigenvalue weighted by molar-refractivity contribution is 5.68. The minimum Gasteiger partial charge on any atom is -0.497 e. The number of rotatable bonds is 2. The minimum atomic E-state index is 0.0992. The van der Waals surface area contributed by atoms with Gasteiger partial charge in [0.25, 0.3) is 0 Å². The molecule has 1 atom stereocenters. The second-order valence-electron chi connectivity index (χ2n) is 3.69. The lowest BCUT2D eigenvalue weighted by Gasteiger charge is -2.03. The number of hydrogen-bond acceptors (Lipinski definition) is 2. The topological polar surface area (TPSA) is 33.0 Å². The first-order chi connectivity index (χ1) is 7.33. The van der Waals surface area contributed by atoms with Crippen molar-refractivity contribution in [2.24, 2.45) is 5.92 Å². The smallest absolute Gasteiger partial charge is 0.118 e. The van der Waals surface area contributed by atoms with Crippen LogP contribution in [0.3, 0.4) is 0 Å². The molecule has 0 radical (unpaired) electrons. The van der Waals surface area contributed by atoms with Crippen molar-refractivity contribution in [3.63, 3.8) is 0 Å². The summed E-state index contributed by atoms with van der Waals surface area (Å²) in [5.74, 6) is 0.969. The van der Waals surface area contributed by atoms with E-state index in [0.717, 1.165) is 18.6 Å². The molecule has 0 aromatic heterocycles. The van der Waals surface area contributed by atoms with E-state index in [1.54, 1.807) is 7.11 Å². The average Bonchev–Trinajstić information content (AvgIpc) is 2.78. The zero-order valence-electron chi connectivity index (χ0n) is 8.73. The second kappa shape index (κ2) is 4.18. The fourth-order valence-corrected chi connectivity index (χ4v) is 1.87. The summed E-state index contributed by atoms with van der Waals surface area (Å²) in [7, 11) is 1.66. The zero-order chi connectivity index (χ0) is 10.7. The van der Waals surface area contributed by atoms with Crippen LogP contribution < -0.4 is 4.74 Å². The molecule has 1 aliphatic carbocycles. The molecule has 15 heavy (non-hydrogen) atoms. The van der Waals surface area contributed by atoms with Crippen LogP contribution in [-0.4, -0.2) is 7.11 Å². The third-order valence-corrected chi connectivity index (χ3v) is 2.75. The van der Waals surface area contributed by atoms with Gasteiger partial charge in [0.15, 0.2) is 0 Å². The SMILES string of the molecule is COc1ccc(C2=C[C@H](C#N)CC2)cc1. The van der Waals surface area contributed by atoms with Crippen LogP contribution in [0.5, 0.6) is 5.75 Å². The van der Waals surface area contributed by atoms with E-state index in [2.05, 4.69) is 12.1 Å². The second-order valence-corrected chi connectivity index (χ2v) is 3.69. The van der Waals surface area contributed by atoms with Gasteiger partial charge in [0.1, 0.15) is 5.75 Å². The highest BCUT2D eigenvalue weighted by atomic mass is 16.5. The van der Waals surface area contributed by atoms with Crippen molar-refractivity contribution in [1.29, 1.82) is 5.26 Å². The number of nitriles is 1. The Bertz CT molecular complexity index is 411. The monoisotopic (exact) mass is 199 g/mol. The number of allylic oxidation sites excluding steroid dienone is 2. The average molecular weight is 199 g/mol. The van der Waals surface area contributed by atoms with Gasteiger partial charge in [-0.3, -0.25) is 0 Å². The normalized spacial score (nSPS) is 19.5. The molecule has 0 aliphatic heterocycles. The Morgan fingerprint density at radius 3 is 2.60 bits per heavy atom. The van der Waals surface area contributed by atoms with Gasteiger partial charge in [-0.1, -0.05) is 18.2 Å². The summed E-state index contributed by atoms with van der Waals surface area (Å²) in [5.41, 5.74) is 2.48. The maximum atomic E-state index is 8.80. The van der Waals surface area contributed by atoms with Crippen molar-refractivity contribution in [3.05, 3.63) is 35.9 Å². The van der Waals surface area contributed by atoms with Gasteiger partial charge in [0, 0.05) is 0 Å². The first kappa shape index (κ1) is 9.79. The Labute approximate surface area is 89.8 Å². The van der Waals surface area contributed by atoms with Crippen molar-refractivity contribution < 1.29 is 4.74 Å². The Hall–Kier alpha value is -1.75. The fraction of sp³-hybridized carbons (Fsp3) is 0.308. The Morgan fingerprint density at radius 1 is 1.33 bits per heavy atom. The number of benzene rings is 1.